The second-order valence-corrected chi connectivity index (χ2v) is 10.3. The molecule has 3 saturated carbocycles. The lowest BCUT2D eigenvalue weighted by atomic mass is 9.45. The molecule has 0 aliphatic heterocycles. The van der Waals surface area contributed by atoms with E-state index in [4.69, 9.17) is 9.47 Å². The number of ketones is 2. The number of aliphatic hydroxyl groups excluding tert-OH is 3. The Morgan fingerprint density at radius 3 is 2.53 bits per heavy atom. The zero-order valence-corrected chi connectivity index (χ0v) is 18.9. The summed E-state index contributed by atoms with van der Waals surface area (Å²) in [6.45, 7) is 4.67. The fourth-order valence-electron chi connectivity index (χ4n) is 7.40. The summed E-state index contributed by atoms with van der Waals surface area (Å²) < 4.78 is 10.6. The highest BCUT2D eigenvalue weighted by Crippen LogP contribution is 2.66. The van der Waals surface area contributed by atoms with Crippen LogP contribution in [-0.4, -0.2) is 71.0 Å². The fourth-order valence-corrected chi connectivity index (χ4v) is 7.40. The molecule has 3 N–H and O–H groups in total. The van der Waals surface area contributed by atoms with Crippen molar-refractivity contribution in [3.63, 3.8) is 0 Å². The van der Waals surface area contributed by atoms with Crippen LogP contribution in [0.5, 0.6) is 0 Å². The number of aliphatic hydroxyl groups is 3. The first-order valence-electron chi connectivity index (χ1n) is 11.1. The van der Waals surface area contributed by atoms with Gasteiger partial charge in [0.15, 0.2) is 11.6 Å². The molecule has 0 radical (unpaired) electrons. The van der Waals surface area contributed by atoms with E-state index in [1.54, 1.807) is 6.08 Å². The van der Waals surface area contributed by atoms with Crippen molar-refractivity contribution >= 4 is 17.5 Å². The molecule has 3 fully saturated rings. The molecule has 8 heteroatoms. The molecule has 0 aromatic carbocycles. The van der Waals surface area contributed by atoms with E-state index in [0.717, 1.165) is 0 Å². The Kier molecular flexibility index (Phi) is 5.73. The molecule has 0 spiro atoms. The third kappa shape index (κ3) is 3.22. The van der Waals surface area contributed by atoms with Gasteiger partial charge in [-0.15, -0.1) is 0 Å². The molecule has 32 heavy (non-hydrogen) atoms. The molecule has 8 nitrogen and oxygen atoms in total. The summed E-state index contributed by atoms with van der Waals surface area (Å²) in [5.74, 6) is -2.87. The summed E-state index contributed by atoms with van der Waals surface area (Å²) in [7, 11) is 1.52. The van der Waals surface area contributed by atoms with Gasteiger partial charge in [-0.2, -0.15) is 0 Å². The molecule has 0 heterocycles. The minimum atomic E-state index is -1.25. The minimum absolute atomic E-state index is 0.221. The van der Waals surface area contributed by atoms with Gasteiger partial charge in [0.2, 0.25) is 0 Å². The van der Waals surface area contributed by atoms with Gasteiger partial charge >= 0.3 is 5.97 Å². The van der Waals surface area contributed by atoms with Gasteiger partial charge in [-0.1, -0.05) is 19.9 Å². The lowest BCUT2D eigenvalue weighted by molar-refractivity contribution is -0.180. The van der Waals surface area contributed by atoms with E-state index in [1.165, 1.54) is 26.2 Å². The van der Waals surface area contributed by atoms with Gasteiger partial charge in [0.25, 0.3) is 0 Å². The van der Waals surface area contributed by atoms with E-state index in [-0.39, 0.29) is 24.1 Å². The summed E-state index contributed by atoms with van der Waals surface area (Å²) >= 11 is 0. The number of ether oxygens (including phenoxy) is 2. The van der Waals surface area contributed by atoms with Gasteiger partial charge in [0, 0.05) is 25.4 Å². The van der Waals surface area contributed by atoms with Crippen LogP contribution in [0.3, 0.4) is 0 Å². The molecule has 4 aliphatic carbocycles. The third-order valence-corrected chi connectivity index (χ3v) is 8.67. The van der Waals surface area contributed by atoms with Crippen LogP contribution in [0.2, 0.25) is 0 Å². The van der Waals surface area contributed by atoms with Crippen molar-refractivity contribution in [1.82, 2.24) is 0 Å². The Bertz CT molecular complexity index is 892. The maximum Gasteiger partial charge on any atom is 0.303 e. The summed E-state index contributed by atoms with van der Waals surface area (Å²) in [5, 5.41) is 33.6. The number of rotatable bonds is 4. The predicted molar refractivity (Wildman–Crippen MR) is 112 cm³/mol. The van der Waals surface area contributed by atoms with Crippen LogP contribution in [0, 0.1) is 34.5 Å². The van der Waals surface area contributed by atoms with Crippen LogP contribution in [0.25, 0.3) is 0 Å². The molecule has 0 bridgehead atoms. The third-order valence-electron chi connectivity index (χ3n) is 8.67. The number of hydrogen-bond acceptors (Lipinski definition) is 8. The fraction of sp³-hybridized carbons (Fsp3) is 0.708. The van der Waals surface area contributed by atoms with Gasteiger partial charge in [0.05, 0.1) is 24.2 Å². The largest absolute Gasteiger partial charge is 0.458 e. The first-order valence-corrected chi connectivity index (χ1v) is 11.1. The Balaban J connectivity index is 1.75. The van der Waals surface area contributed by atoms with Crippen molar-refractivity contribution in [2.24, 2.45) is 34.5 Å². The van der Waals surface area contributed by atoms with E-state index in [1.807, 2.05) is 13.8 Å². The van der Waals surface area contributed by atoms with Crippen LogP contribution in [0.1, 0.15) is 33.6 Å². The lowest BCUT2D eigenvalue weighted by Gasteiger charge is -2.60. The molecule has 4 rings (SSSR count). The number of methoxy groups -OCH3 is 1. The number of fused-ring (bicyclic) bond motifs is 5. The van der Waals surface area contributed by atoms with E-state index >= 15 is 0 Å². The second-order valence-electron chi connectivity index (χ2n) is 10.3. The smallest absolute Gasteiger partial charge is 0.303 e. The van der Waals surface area contributed by atoms with Crippen LogP contribution in [0.15, 0.2) is 23.8 Å². The number of carbonyl (C=O) groups is 3. The minimum Gasteiger partial charge on any atom is -0.458 e. The highest BCUT2D eigenvalue weighted by Gasteiger charge is 2.68. The van der Waals surface area contributed by atoms with Crippen LogP contribution >= 0.6 is 0 Å². The van der Waals surface area contributed by atoms with Crippen molar-refractivity contribution in [3.05, 3.63) is 23.8 Å². The average molecular weight is 449 g/mol. The number of Topliss-reactive ketones (excluding diaryl/α,β-unsaturated/α-hetero) is 1. The van der Waals surface area contributed by atoms with Crippen LogP contribution in [0.4, 0.5) is 0 Å². The van der Waals surface area contributed by atoms with Crippen LogP contribution in [-0.2, 0) is 23.9 Å². The summed E-state index contributed by atoms with van der Waals surface area (Å²) in [6.07, 6.45) is 1.52. The average Bonchev–Trinajstić information content (AvgIpc) is 3.02. The SMILES string of the molecule is COC1C[C@H]2[C@@H]3C(O)C(O)C4=CC(=O)C=C[C@]4(C)[C@H]3C(O)C[C@]2(C)[C@H]1C(=O)COC(C)=O. The first kappa shape index (κ1) is 23.3. The monoisotopic (exact) mass is 448 g/mol. The number of allylic oxidation sites excluding steroid dienone is 3. The molecular formula is C24H32O8. The molecular weight excluding hydrogens is 416 g/mol. The zero-order valence-electron chi connectivity index (χ0n) is 18.9. The quantitative estimate of drug-likeness (QED) is 0.533. The van der Waals surface area contributed by atoms with Gasteiger partial charge in [-0.25, -0.2) is 0 Å². The molecule has 0 amide bonds. The molecule has 4 unspecified atom stereocenters. The first-order chi connectivity index (χ1) is 15.0. The van der Waals surface area contributed by atoms with Crippen molar-refractivity contribution in [2.45, 2.75) is 58.0 Å². The van der Waals surface area contributed by atoms with Crippen molar-refractivity contribution < 1.29 is 39.2 Å². The molecule has 4 aliphatic rings. The molecule has 10 atom stereocenters. The predicted octanol–water partition coefficient (Wildman–Crippen LogP) is 0.580. The van der Waals surface area contributed by atoms with Gasteiger partial charge < -0.3 is 24.8 Å². The van der Waals surface area contributed by atoms with Gasteiger partial charge in [-0.05, 0) is 47.8 Å². The van der Waals surface area contributed by atoms with Gasteiger partial charge in [0.1, 0.15) is 12.7 Å². The number of carbonyl (C=O) groups excluding carboxylic acids is 3. The topological polar surface area (TPSA) is 130 Å². The number of hydrogen-bond donors (Lipinski definition) is 3. The maximum atomic E-state index is 13.1. The normalized spacial score (nSPS) is 47.2. The molecule has 0 saturated heterocycles. The highest BCUT2D eigenvalue weighted by molar-refractivity contribution is 6.01. The maximum absolute atomic E-state index is 13.1. The number of esters is 1. The Hall–Kier alpha value is -1.87. The van der Waals surface area contributed by atoms with Crippen molar-refractivity contribution in [1.29, 1.82) is 0 Å². The second kappa shape index (κ2) is 7.87. The van der Waals surface area contributed by atoms with Crippen LogP contribution < -0.4 is 0 Å². The molecule has 176 valence electrons. The van der Waals surface area contributed by atoms with E-state index in [2.05, 4.69) is 0 Å². The summed E-state index contributed by atoms with van der Waals surface area (Å²) in [6, 6.07) is 0. The molecule has 0 aromatic heterocycles. The lowest BCUT2D eigenvalue weighted by Crippen LogP contribution is -2.64. The molecule has 0 aromatic rings. The Labute approximate surface area is 187 Å². The van der Waals surface area contributed by atoms with Crippen molar-refractivity contribution in [2.75, 3.05) is 13.7 Å². The summed E-state index contributed by atoms with van der Waals surface area (Å²) in [4.78, 5) is 36.3. The Morgan fingerprint density at radius 2 is 1.91 bits per heavy atom. The van der Waals surface area contributed by atoms with Gasteiger partial charge in [-0.3, -0.25) is 14.4 Å². The zero-order chi connectivity index (χ0) is 23.6. The highest BCUT2D eigenvalue weighted by atomic mass is 16.5. The Morgan fingerprint density at radius 1 is 1.22 bits per heavy atom. The summed E-state index contributed by atoms with van der Waals surface area (Å²) in [5.41, 5.74) is -1.09. The van der Waals surface area contributed by atoms with Crippen molar-refractivity contribution in [3.8, 4) is 0 Å². The van der Waals surface area contributed by atoms with E-state index in [0.29, 0.717) is 18.4 Å². The van der Waals surface area contributed by atoms with E-state index < -0.39 is 59.0 Å². The standard InChI is InChI=1S/C24H32O8/c1-11(25)32-10-16(28)19-17(31-4)8-13-18-20(15(27)9-24(13,19)3)23(2)6-5-12(26)7-14(23)21(29)22(18)30/h5-7,13,15,17-22,27,29-30H,8-10H2,1-4H3/t13-,15?,17?,18-,19-,20-,21?,22?,23-,24-/m0/s1. The van der Waals surface area contributed by atoms with E-state index in [9.17, 15) is 29.7 Å².